The minimum absolute atomic E-state index is 0.181. The van der Waals surface area contributed by atoms with Crippen molar-refractivity contribution in [1.29, 1.82) is 0 Å². The molecule has 0 aliphatic carbocycles. The Hall–Kier alpha value is -1.52. The first kappa shape index (κ1) is 14.4. The normalized spacial score (nSPS) is 17.0. The number of nitrogens with one attached hydrogen (secondary N) is 1. The summed E-state index contributed by atoms with van der Waals surface area (Å²) < 4.78 is 7.16. The third-order valence-electron chi connectivity index (χ3n) is 3.58. The molecular weight excluding hydrogens is 328 g/mol. The fraction of sp³-hybridized carbons (Fsp3) is 0.294. The number of anilines is 1. The summed E-state index contributed by atoms with van der Waals surface area (Å²) >= 11 is 3.46. The molecule has 2 aromatic rings. The van der Waals surface area contributed by atoms with Gasteiger partial charge >= 0.3 is 0 Å². The van der Waals surface area contributed by atoms with Crippen LogP contribution in [0.1, 0.15) is 5.56 Å². The Balaban J connectivity index is 1.56. The molecule has 0 saturated heterocycles. The summed E-state index contributed by atoms with van der Waals surface area (Å²) in [5.41, 5.74) is 2.40. The Labute approximate surface area is 134 Å². The lowest BCUT2D eigenvalue weighted by Gasteiger charge is -2.30. The standard InChI is InChI=1S/C17H19BrN2O/c1-20(11-13-6-8-14(18)9-7-13)12-15-10-19-16-4-2-3-5-17(16)21-15/h2-9,15,19H,10-12H2,1H3. The average molecular weight is 347 g/mol. The van der Waals surface area contributed by atoms with E-state index >= 15 is 0 Å². The fourth-order valence-corrected chi connectivity index (χ4v) is 2.84. The lowest BCUT2D eigenvalue weighted by molar-refractivity contribution is 0.148. The highest BCUT2D eigenvalue weighted by atomic mass is 79.9. The van der Waals surface area contributed by atoms with E-state index in [2.05, 4.69) is 63.5 Å². The van der Waals surface area contributed by atoms with E-state index < -0.39 is 0 Å². The van der Waals surface area contributed by atoms with Crippen LogP contribution in [0.15, 0.2) is 53.0 Å². The largest absolute Gasteiger partial charge is 0.485 e. The lowest BCUT2D eigenvalue weighted by atomic mass is 10.2. The van der Waals surface area contributed by atoms with E-state index in [0.29, 0.717) is 0 Å². The van der Waals surface area contributed by atoms with Crippen molar-refractivity contribution >= 4 is 21.6 Å². The summed E-state index contributed by atoms with van der Waals surface area (Å²) in [5, 5.41) is 3.43. The van der Waals surface area contributed by atoms with Crippen LogP contribution >= 0.6 is 15.9 Å². The minimum Gasteiger partial charge on any atom is -0.485 e. The molecule has 0 amide bonds. The zero-order chi connectivity index (χ0) is 14.7. The van der Waals surface area contributed by atoms with Crippen LogP contribution in [0.25, 0.3) is 0 Å². The molecule has 1 N–H and O–H groups in total. The highest BCUT2D eigenvalue weighted by Gasteiger charge is 2.20. The Kier molecular flexibility index (Phi) is 4.46. The second kappa shape index (κ2) is 6.50. The van der Waals surface area contributed by atoms with E-state index in [1.807, 2.05) is 18.2 Å². The number of benzene rings is 2. The van der Waals surface area contributed by atoms with E-state index in [-0.39, 0.29) is 6.10 Å². The Morgan fingerprint density at radius 3 is 2.76 bits per heavy atom. The molecule has 3 nitrogen and oxygen atoms in total. The van der Waals surface area contributed by atoms with E-state index in [1.54, 1.807) is 0 Å². The van der Waals surface area contributed by atoms with Crippen LogP contribution in [0.4, 0.5) is 5.69 Å². The van der Waals surface area contributed by atoms with Gasteiger partial charge in [-0.1, -0.05) is 40.2 Å². The van der Waals surface area contributed by atoms with Gasteiger partial charge < -0.3 is 10.1 Å². The number of para-hydroxylation sites is 2. The first-order valence-electron chi connectivity index (χ1n) is 7.13. The van der Waals surface area contributed by atoms with Gasteiger partial charge in [-0.15, -0.1) is 0 Å². The summed E-state index contributed by atoms with van der Waals surface area (Å²) in [4.78, 5) is 2.30. The van der Waals surface area contributed by atoms with Gasteiger partial charge in [0.05, 0.1) is 12.2 Å². The van der Waals surface area contributed by atoms with Gasteiger partial charge in [0.15, 0.2) is 0 Å². The predicted molar refractivity (Wildman–Crippen MR) is 89.8 cm³/mol. The lowest BCUT2D eigenvalue weighted by Crippen LogP contribution is -2.40. The molecule has 0 radical (unpaired) electrons. The van der Waals surface area contributed by atoms with Gasteiger partial charge in [-0.05, 0) is 36.9 Å². The topological polar surface area (TPSA) is 24.5 Å². The van der Waals surface area contributed by atoms with Gasteiger partial charge in [0.1, 0.15) is 11.9 Å². The molecule has 1 atom stereocenters. The second-order valence-corrected chi connectivity index (χ2v) is 6.36. The molecule has 0 aromatic heterocycles. The molecule has 0 spiro atoms. The van der Waals surface area contributed by atoms with Crippen LogP contribution < -0.4 is 10.1 Å². The average Bonchev–Trinajstić information content (AvgIpc) is 2.49. The summed E-state index contributed by atoms with van der Waals surface area (Å²) in [6, 6.07) is 16.6. The molecule has 0 saturated carbocycles. The summed E-state index contributed by atoms with van der Waals surface area (Å²) in [6.45, 7) is 2.67. The van der Waals surface area contributed by atoms with Crippen LogP contribution in [0.5, 0.6) is 5.75 Å². The van der Waals surface area contributed by atoms with Crippen molar-refractivity contribution in [1.82, 2.24) is 4.90 Å². The van der Waals surface area contributed by atoms with Crippen molar-refractivity contribution in [3.8, 4) is 5.75 Å². The second-order valence-electron chi connectivity index (χ2n) is 5.44. The summed E-state index contributed by atoms with van der Waals surface area (Å²) in [7, 11) is 2.13. The molecule has 0 bridgehead atoms. The number of halogens is 1. The van der Waals surface area contributed by atoms with Gasteiger partial charge in [-0.25, -0.2) is 0 Å². The highest BCUT2D eigenvalue weighted by molar-refractivity contribution is 9.10. The molecule has 110 valence electrons. The maximum atomic E-state index is 6.05. The van der Waals surface area contributed by atoms with E-state index in [9.17, 15) is 0 Å². The maximum Gasteiger partial charge on any atom is 0.142 e. The molecule has 0 fully saturated rings. The van der Waals surface area contributed by atoms with Crippen molar-refractivity contribution < 1.29 is 4.74 Å². The molecule has 4 heteroatoms. The number of rotatable bonds is 4. The fourth-order valence-electron chi connectivity index (χ4n) is 2.58. The van der Waals surface area contributed by atoms with Crippen LogP contribution in [0.2, 0.25) is 0 Å². The zero-order valence-electron chi connectivity index (χ0n) is 12.1. The van der Waals surface area contributed by atoms with Crippen molar-refractivity contribution in [3.63, 3.8) is 0 Å². The van der Waals surface area contributed by atoms with Crippen molar-refractivity contribution in [3.05, 3.63) is 58.6 Å². The molecule has 3 rings (SSSR count). The first-order chi connectivity index (χ1) is 10.2. The summed E-state index contributed by atoms with van der Waals surface area (Å²) in [6.07, 6.45) is 0.181. The van der Waals surface area contributed by atoms with Crippen LogP contribution in [-0.2, 0) is 6.54 Å². The van der Waals surface area contributed by atoms with E-state index in [1.165, 1.54) is 5.56 Å². The molecular formula is C17H19BrN2O. The molecule has 1 aliphatic rings. The maximum absolute atomic E-state index is 6.05. The first-order valence-corrected chi connectivity index (χ1v) is 7.92. The third kappa shape index (κ3) is 3.77. The van der Waals surface area contributed by atoms with E-state index in [0.717, 1.165) is 35.5 Å². The number of hydrogen-bond acceptors (Lipinski definition) is 3. The van der Waals surface area contributed by atoms with E-state index in [4.69, 9.17) is 4.74 Å². The van der Waals surface area contributed by atoms with Gasteiger partial charge in [0.2, 0.25) is 0 Å². The molecule has 1 unspecified atom stereocenters. The molecule has 1 aliphatic heterocycles. The number of fused-ring (bicyclic) bond motifs is 1. The SMILES string of the molecule is CN(Cc1ccc(Br)cc1)CC1CNc2ccccc2O1. The zero-order valence-corrected chi connectivity index (χ0v) is 13.6. The summed E-state index contributed by atoms with van der Waals surface area (Å²) in [5.74, 6) is 0.950. The van der Waals surface area contributed by atoms with Crippen molar-refractivity contribution in [2.24, 2.45) is 0 Å². The van der Waals surface area contributed by atoms with Gasteiger partial charge in [0.25, 0.3) is 0 Å². The quantitative estimate of drug-likeness (QED) is 0.912. The van der Waals surface area contributed by atoms with Crippen LogP contribution in [0.3, 0.4) is 0 Å². The highest BCUT2D eigenvalue weighted by Crippen LogP contribution is 2.28. The number of ether oxygens (including phenoxy) is 1. The Bertz CT molecular complexity index is 600. The minimum atomic E-state index is 0.181. The van der Waals surface area contributed by atoms with Crippen LogP contribution in [0, 0.1) is 0 Å². The monoisotopic (exact) mass is 346 g/mol. The van der Waals surface area contributed by atoms with Gasteiger partial charge in [-0.3, -0.25) is 4.90 Å². The smallest absolute Gasteiger partial charge is 0.142 e. The van der Waals surface area contributed by atoms with Crippen LogP contribution in [-0.4, -0.2) is 31.1 Å². The molecule has 1 heterocycles. The molecule has 2 aromatic carbocycles. The van der Waals surface area contributed by atoms with Gasteiger partial charge in [-0.2, -0.15) is 0 Å². The Morgan fingerprint density at radius 2 is 1.95 bits per heavy atom. The number of hydrogen-bond donors (Lipinski definition) is 1. The predicted octanol–water partition coefficient (Wildman–Crippen LogP) is 3.75. The van der Waals surface area contributed by atoms with Crippen molar-refractivity contribution in [2.75, 3.05) is 25.5 Å². The third-order valence-corrected chi connectivity index (χ3v) is 4.11. The molecule has 21 heavy (non-hydrogen) atoms. The Morgan fingerprint density at radius 1 is 1.19 bits per heavy atom. The van der Waals surface area contributed by atoms with Gasteiger partial charge in [0, 0.05) is 17.6 Å². The van der Waals surface area contributed by atoms with Crippen molar-refractivity contribution in [2.45, 2.75) is 12.6 Å². The number of nitrogens with zero attached hydrogens (tertiary/aromatic N) is 1. The number of likely N-dealkylation sites (N-methyl/N-ethyl adjacent to an activating group) is 1.